The van der Waals surface area contributed by atoms with Gasteiger partial charge in [0.05, 0.1) is 12.3 Å². The molecule has 6 nitrogen and oxygen atoms in total. The number of likely N-dealkylation sites (N-methyl/N-ethyl adjacent to an activating group) is 1. The van der Waals surface area contributed by atoms with Crippen LogP contribution in [0.5, 0.6) is 0 Å². The number of nitrogens with one attached hydrogen (secondary N) is 4. The predicted octanol–water partition coefficient (Wildman–Crippen LogP) is 2.63. The van der Waals surface area contributed by atoms with E-state index >= 15 is 0 Å². The van der Waals surface area contributed by atoms with Gasteiger partial charge in [-0.05, 0) is 36.6 Å². The maximum Gasteiger partial charge on any atom is 0.0644 e. The molecule has 4 N–H and O–H groups in total. The quantitative estimate of drug-likeness (QED) is 0.523. The van der Waals surface area contributed by atoms with Crippen LogP contribution in [0.2, 0.25) is 0 Å². The first-order valence-corrected chi connectivity index (χ1v) is 12.8. The van der Waals surface area contributed by atoms with Gasteiger partial charge >= 0.3 is 0 Å². The van der Waals surface area contributed by atoms with Gasteiger partial charge in [-0.25, -0.2) is 0 Å². The highest BCUT2D eigenvalue weighted by atomic mass is 15.3. The molecule has 2 aromatic carbocycles. The van der Waals surface area contributed by atoms with Crippen molar-refractivity contribution >= 4 is 0 Å². The summed E-state index contributed by atoms with van der Waals surface area (Å²) in [6.07, 6.45) is 1.76. The van der Waals surface area contributed by atoms with E-state index in [0.717, 1.165) is 19.6 Å². The summed E-state index contributed by atoms with van der Waals surface area (Å²) < 4.78 is 0. The zero-order valence-corrected chi connectivity index (χ0v) is 20.1. The Morgan fingerprint density at radius 1 is 0.939 bits per heavy atom. The van der Waals surface area contributed by atoms with Crippen LogP contribution >= 0.6 is 0 Å². The van der Waals surface area contributed by atoms with Crippen molar-refractivity contribution in [2.75, 3.05) is 39.4 Å². The van der Waals surface area contributed by atoms with E-state index in [2.05, 4.69) is 99.5 Å². The third kappa shape index (κ3) is 5.48. The van der Waals surface area contributed by atoms with Crippen LogP contribution in [-0.2, 0) is 6.54 Å². The fourth-order valence-corrected chi connectivity index (χ4v) is 5.68. The predicted molar refractivity (Wildman–Crippen MR) is 135 cm³/mol. The highest BCUT2D eigenvalue weighted by Crippen LogP contribution is 2.34. The molecule has 0 unspecified atom stereocenters. The second-order valence-corrected chi connectivity index (χ2v) is 9.91. The molecule has 33 heavy (non-hydrogen) atoms. The molecule has 178 valence electrons. The molecule has 0 radical (unpaired) electrons. The summed E-state index contributed by atoms with van der Waals surface area (Å²) in [5, 5.41) is 15.0. The standard InChI is InChI=1S/C27H40N6/c1-3-32-13-15-33(16-14-32)18-21-9-11-23(12-10-21)25-17-24-26(28-19-29-27(24)31-25)30-20(2)22-7-5-4-6-8-22/h4-12,20,24-31H,3,13-19H2,1-2H3/t20-,24+,25+,26-,27-/m1/s1. The van der Waals surface area contributed by atoms with Crippen LogP contribution in [0.1, 0.15) is 49.0 Å². The number of hydrogen-bond donors (Lipinski definition) is 4. The second-order valence-electron chi connectivity index (χ2n) is 9.91. The second kappa shape index (κ2) is 10.6. The fraction of sp³-hybridized carbons (Fsp3) is 0.556. The smallest absolute Gasteiger partial charge is 0.0644 e. The molecule has 3 aliphatic heterocycles. The molecule has 6 heteroatoms. The molecule has 5 rings (SSSR count). The molecular weight excluding hydrogens is 408 g/mol. The third-order valence-electron chi connectivity index (χ3n) is 7.82. The molecule has 0 saturated carbocycles. The Kier molecular flexibility index (Phi) is 7.40. The van der Waals surface area contributed by atoms with Crippen molar-refractivity contribution in [1.29, 1.82) is 0 Å². The van der Waals surface area contributed by atoms with E-state index in [-0.39, 0.29) is 0 Å². The number of nitrogens with zero attached hydrogens (tertiary/aromatic N) is 2. The van der Waals surface area contributed by atoms with Crippen molar-refractivity contribution in [3.63, 3.8) is 0 Å². The minimum atomic E-state index is 0.296. The largest absolute Gasteiger partial charge is 0.301 e. The van der Waals surface area contributed by atoms with E-state index in [9.17, 15) is 0 Å². The van der Waals surface area contributed by atoms with Crippen molar-refractivity contribution in [3.05, 3.63) is 71.3 Å². The van der Waals surface area contributed by atoms with Gasteiger partial charge in [0.1, 0.15) is 0 Å². The van der Waals surface area contributed by atoms with Gasteiger partial charge in [0.15, 0.2) is 0 Å². The molecule has 0 aliphatic carbocycles. The third-order valence-corrected chi connectivity index (χ3v) is 7.82. The fourth-order valence-electron chi connectivity index (χ4n) is 5.68. The zero-order valence-electron chi connectivity index (χ0n) is 20.1. The van der Waals surface area contributed by atoms with Gasteiger partial charge in [-0.15, -0.1) is 0 Å². The Bertz CT molecular complexity index is 864. The molecule has 5 atom stereocenters. The van der Waals surface area contributed by atoms with E-state index in [1.54, 1.807) is 0 Å². The first-order chi connectivity index (χ1) is 16.2. The molecule has 0 amide bonds. The lowest BCUT2D eigenvalue weighted by Gasteiger charge is -2.37. The summed E-state index contributed by atoms with van der Waals surface area (Å²) >= 11 is 0. The highest BCUT2D eigenvalue weighted by molar-refractivity contribution is 5.27. The van der Waals surface area contributed by atoms with E-state index in [1.165, 1.54) is 49.4 Å². The number of rotatable bonds is 7. The summed E-state index contributed by atoms with van der Waals surface area (Å²) in [5.74, 6) is 0.504. The number of hydrogen-bond acceptors (Lipinski definition) is 6. The van der Waals surface area contributed by atoms with Crippen LogP contribution in [0.3, 0.4) is 0 Å². The molecule has 2 aromatic rings. The van der Waals surface area contributed by atoms with Crippen LogP contribution in [0, 0.1) is 5.92 Å². The lowest BCUT2D eigenvalue weighted by molar-refractivity contribution is 0.132. The lowest BCUT2D eigenvalue weighted by Crippen LogP contribution is -2.63. The van der Waals surface area contributed by atoms with Gasteiger partial charge in [0.25, 0.3) is 0 Å². The summed E-state index contributed by atoms with van der Waals surface area (Å²) in [5.41, 5.74) is 4.17. The Balaban J connectivity index is 1.17. The minimum absolute atomic E-state index is 0.296. The van der Waals surface area contributed by atoms with E-state index < -0.39 is 0 Å². The van der Waals surface area contributed by atoms with Crippen LogP contribution in [0.4, 0.5) is 0 Å². The van der Waals surface area contributed by atoms with Crippen molar-refractivity contribution in [1.82, 2.24) is 31.1 Å². The summed E-state index contributed by atoms with van der Waals surface area (Å²) in [6.45, 7) is 12.3. The Hall–Kier alpha value is -1.80. The first-order valence-electron chi connectivity index (χ1n) is 12.8. The first kappa shape index (κ1) is 23.0. The van der Waals surface area contributed by atoms with Gasteiger partial charge in [-0.3, -0.25) is 26.2 Å². The van der Waals surface area contributed by atoms with Crippen LogP contribution in [-0.4, -0.2) is 61.5 Å². The Morgan fingerprint density at radius 3 is 2.39 bits per heavy atom. The van der Waals surface area contributed by atoms with Crippen molar-refractivity contribution < 1.29 is 0 Å². The Labute approximate surface area is 199 Å². The molecule has 3 saturated heterocycles. The van der Waals surface area contributed by atoms with Crippen molar-refractivity contribution in [2.24, 2.45) is 5.92 Å². The zero-order chi connectivity index (χ0) is 22.6. The topological polar surface area (TPSA) is 54.6 Å². The van der Waals surface area contributed by atoms with Crippen molar-refractivity contribution in [2.45, 2.75) is 51.2 Å². The number of fused-ring (bicyclic) bond motifs is 1. The summed E-state index contributed by atoms with van der Waals surface area (Å²) in [4.78, 5) is 5.12. The minimum Gasteiger partial charge on any atom is -0.301 e. The molecule has 3 heterocycles. The van der Waals surface area contributed by atoms with Gasteiger partial charge < -0.3 is 4.90 Å². The average molecular weight is 449 g/mol. The molecule has 3 aliphatic rings. The molecular formula is C27H40N6. The van der Waals surface area contributed by atoms with Gasteiger partial charge in [-0.2, -0.15) is 0 Å². The van der Waals surface area contributed by atoms with Gasteiger partial charge in [0, 0.05) is 57.4 Å². The van der Waals surface area contributed by atoms with Gasteiger partial charge in [-0.1, -0.05) is 61.5 Å². The van der Waals surface area contributed by atoms with E-state index in [0.29, 0.717) is 30.3 Å². The maximum absolute atomic E-state index is 3.86. The number of piperazine rings is 1. The van der Waals surface area contributed by atoms with E-state index in [4.69, 9.17) is 0 Å². The number of benzene rings is 2. The van der Waals surface area contributed by atoms with Gasteiger partial charge in [0.2, 0.25) is 0 Å². The normalized spacial score (nSPS) is 29.6. The monoisotopic (exact) mass is 448 g/mol. The van der Waals surface area contributed by atoms with Crippen LogP contribution in [0.15, 0.2) is 54.6 Å². The van der Waals surface area contributed by atoms with Crippen molar-refractivity contribution in [3.8, 4) is 0 Å². The Morgan fingerprint density at radius 2 is 1.67 bits per heavy atom. The molecule has 0 aromatic heterocycles. The SMILES string of the molecule is CCN1CCN(Cc2ccc([C@@H]3C[C@@H]4[C@H](NCN[C@@H]4N[C@H](C)c4ccccc4)N3)cc2)CC1. The summed E-state index contributed by atoms with van der Waals surface area (Å²) in [7, 11) is 0. The maximum atomic E-state index is 3.86. The highest BCUT2D eigenvalue weighted by Gasteiger charge is 2.41. The lowest BCUT2D eigenvalue weighted by atomic mass is 9.94. The summed E-state index contributed by atoms with van der Waals surface area (Å²) in [6, 6.07) is 20.8. The average Bonchev–Trinajstić information content (AvgIpc) is 3.31. The van der Waals surface area contributed by atoms with Crippen LogP contribution < -0.4 is 21.3 Å². The van der Waals surface area contributed by atoms with Crippen LogP contribution in [0.25, 0.3) is 0 Å². The molecule has 3 fully saturated rings. The molecule has 0 bridgehead atoms. The molecule has 0 spiro atoms. The van der Waals surface area contributed by atoms with E-state index in [1.807, 2.05) is 0 Å².